The first kappa shape index (κ1) is 27.6. The maximum Gasteiger partial charge on any atom is 0.196 e. The van der Waals surface area contributed by atoms with Gasteiger partial charge in [-0.25, -0.2) is 4.39 Å². The lowest BCUT2D eigenvalue weighted by molar-refractivity contribution is 0.102. The van der Waals surface area contributed by atoms with Crippen molar-refractivity contribution in [2.75, 3.05) is 5.75 Å². The number of halogens is 1. The van der Waals surface area contributed by atoms with Gasteiger partial charge in [0.05, 0.1) is 11.4 Å². The first-order valence-corrected chi connectivity index (χ1v) is 14.3. The van der Waals surface area contributed by atoms with Crippen LogP contribution in [-0.4, -0.2) is 30.9 Å². The lowest BCUT2D eigenvalue weighted by Crippen LogP contribution is -2.10. The van der Waals surface area contributed by atoms with Gasteiger partial charge in [-0.1, -0.05) is 81.1 Å². The fraction of sp³-hybridized carbons (Fsp3) is 0.242. The molecule has 2 heterocycles. The maximum absolute atomic E-state index is 13.9. The Morgan fingerprint density at radius 3 is 2.27 bits per heavy atom. The molecule has 3 aromatic carbocycles. The minimum atomic E-state index is -0.312. The summed E-state index contributed by atoms with van der Waals surface area (Å²) in [5.41, 5.74) is 7.29. The van der Waals surface area contributed by atoms with Crippen molar-refractivity contribution in [2.24, 2.45) is 0 Å². The number of hydrogen-bond donors (Lipinski definition) is 0. The van der Waals surface area contributed by atoms with Crippen LogP contribution in [0.15, 0.2) is 84.0 Å². The van der Waals surface area contributed by atoms with E-state index in [-0.39, 0.29) is 22.8 Å². The van der Waals surface area contributed by atoms with Crippen LogP contribution in [0.1, 0.15) is 53.6 Å². The van der Waals surface area contributed by atoms with Gasteiger partial charge in [0.1, 0.15) is 5.82 Å². The Hall–Kier alpha value is -3.97. The Morgan fingerprint density at radius 2 is 1.60 bits per heavy atom. The van der Waals surface area contributed by atoms with Crippen LogP contribution in [0.3, 0.4) is 0 Å². The highest BCUT2D eigenvalue weighted by Gasteiger charge is 2.22. The van der Waals surface area contributed by atoms with E-state index >= 15 is 0 Å². The Balaban J connectivity index is 1.47. The van der Waals surface area contributed by atoms with Gasteiger partial charge in [0.15, 0.2) is 16.8 Å². The molecule has 0 bridgehead atoms. The summed E-state index contributed by atoms with van der Waals surface area (Å²) in [6, 6.07) is 24.8. The van der Waals surface area contributed by atoms with Crippen LogP contribution >= 0.6 is 11.8 Å². The Bertz CT molecular complexity index is 1690. The Kier molecular flexibility index (Phi) is 7.51. The quantitative estimate of drug-likeness (QED) is 0.151. The largest absolute Gasteiger partial charge is 0.318 e. The average molecular weight is 553 g/mol. The smallest absolute Gasteiger partial charge is 0.196 e. The molecule has 0 spiro atoms. The highest BCUT2D eigenvalue weighted by Crippen LogP contribution is 2.32. The highest BCUT2D eigenvalue weighted by molar-refractivity contribution is 7.99. The van der Waals surface area contributed by atoms with Crippen LogP contribution in [0, 0.1) is 26.6 Å². The van der Waals surface area contributed by atoms with Crippen molar-refractivity contribution >= 4 is 17.5 Å². The number of benzene rings is 3. The van der Waals surface area contributed by atoms with Crippen LogP contribution < -0.4 is 0 Å². The first-order valence-electron chi connectivity index (χ1n) is 13.3. The number of aryl methyl sites for hydroxylation is 2. The SMILES string of the molecule is Cc1ccccc1-n1c(SCC(=O)c2cc(C)n(-c3cccc(F)c3)c2C)nnc1-c1ccc(C(C)(C)C)cc1. The molecular formula is C33H33FN4OS. The number of ketones is 1. The zero-order valence-electron chi connectivity index (χ0n) is 23.7. The van der Waals surface area contributed by atoms with Gasteiger partial charge < -0.3 is 4.57 Å². The lowest BCUT2D eigenvalue weighted by Gasteiger charge is -2.19. The summed E-state index contributed by atoms with van der Waals surface area (Å²) in [5, 5.41) is 9.75. The molecule has 2 aromatic heterocycles. The predicted molar refractivity (Wildman–Crippen MR) is 160 cm³/mol. The summed E-state index contributed by atoms with van der Waals surface area (Å²) < 4.78 is 17.8. The first-order chi connectivity index (χ1) is 19.0. The zero-order valence-corrected chi connectivity index (χ0v) is 24.5. The number of carbonyl (C=O) groups excluding carboxylic acids is 1. The van der Waals surface area contributed by atoms with Gasteiger partial charge in [-0.2, -0.15) is 0 Å². The maximum atomic E-state index is 13.9. The molecule has 5 nitrogen and oxygen atoms in total. The molecule has 0 fully saturated rings. The second-order valence-electron chi connectivity index (χ2n) is 11.1. The average Bonchev–Trinajstić information content (AvgIpc) is 3.47. The topological polar surface area (TPSA) is 52.7 Å². The third-order valence-electron chi connectivity index (χ3n) is 7.13. The summed E-state index contributed by atoms with van der Waals surface area (Å²) in [7, 11) is 0. The van der Waals surface area contributed by atoms with Gasteiger partial charge in [-0.15, -0.1) is 10.2 Å². The summed E-state index contributed by atoms with van der Waals surface area (Å²) in [5.74, 6) is 0.596. The van der Waals surface area contributed by atoms with Gasteiger partial charge >= 0.3 is 0 Å². The summed E-state index contributed by atoms with van der Waals surface area (Å²) >= 11 is 1.37. The van der Waals surface area contributed by atoms with Gasteiger partial charge in [0.2, 0.25) is 0 Å². The Labute approximate surface area is 239 Å². The van der Waals surface area contributed by atoms with E-state index in [1.165, 1.54) is 29.5 Å². The number of para-hydroxylation sites is 1. The fourth-order valence-electron chi connectivity index (χ4n) is 4.97. The molecular weight excluding hydrogens is 519 g/mol. The molecule has 0 radical (unpaired) electrons. The van der Waals surface area contributed by atoms with Crippen molar-refractivity contribution in [1.29, 1.82) is 0 Å². The molecule has 0 atom stereocenters. The Morgan fingerprint density at radius 1 is 0.875 bits per heavy atom. The highest BCUT2D eigenvalue weighted by atomic mass is 32.2. The number of rotatable bonds is 7. The molecule has 0 unspecified atom stereocenters. The predicted octanol–water partition coefficient (Wildman–Crippen LogP) is 8.06. The normalized spacial score (nSPS) is 11.7. The van der Waals surface area contributed by atoms with E-state index in [4.69, 9.17) is 0 Å². The van der Waals surface area contributed by atoms with Gasteiger partial charge in [0.25, 0.3) is 0 Å². The lowest BCUT2D eigenvalue weighted by atomic mass is 9.87. The second-order valence-corrected chi connectivity index (χ2v) is 12.0. The molecule has 0 aliphatic carbocycles. The van der Waals surface area contributed by atoms with Crippen molar-refractivity contribution in [2.45, 2.75) is 52.1 Å². The van der Waals surface area contributed by atoms with Gasteiger partial charge in [0, 0.05) is 28.2 Å². The van der Waals surface area contributed by atoms with Gasteiger partial charge in [-0.05, 0) is 67.6 Å². The number of Topliss-reactive ketones (excluding diaryl/α,β-unsaturated/α-hetero) is 1. The van der Waals surface area contributed by atoms with E-state index in [0.29, 0.717) is 16.4 Å². The summed E-state index contributed by atoms with van der Waals surface area (Å²) in [6.45, 7) is 12.5. The third-order valence-corrected chi connectivity index (χ3v) is 8.06. The summed E-state index contributed by atoms with van der Waals surface area (Å²) in [4.78, 5) is 13.5. The monoisotopic (exact) mass is 552 g/mol. The molecule has 204 valence electrons. The van der Waals surface area contributed by atoms with Crippen molar-refractivity contribution in [3.8, 4) is 22.8 Å². The van der Waals surface area contributed by atoms with E-state index in [1.807, 2.05) is 53.3 Å². The molecule has 7 heteroatoms. The molecule has 5 aromatic rings. The molecule has 0 aliphatic heterocycles. The molecule has 40 heavy (non-hydrogen) atoms. The van der Waals surface area contributed by atoms with E-state index < -0.39 is 0 Å². The molecule has 0 saturated heterocycles. The second kappa shape index (κ2) is 10.9. The van der Waals surface area contributed by atoms with Crippen molar-refractivity contribution in [3.05, 3.63) is 113 Å². The van der Waals surface area contributed by atoms with Crippen LogP contribution in [0.4, 0.5) is 4.39 Å². The van der Waals surface area contributed by atoms with Crippen molar-refractivity contribution < 1.29 is 9.18 Å². The number of hydrogen-bond acceptors (Lipinski definition) is 4. The molecule has 0 saturated carbocycles. The summed E-state index contributed by atoms with van der Waals surface area (Å²) in [6.07, 6.45) is 0. The number of aromatic nitrogens is 4. The third kappa shape index (κ3) is 5.39. The van der Waals surface area contributed by atoms with Crippen LogP contribution in [0.2, 0.25) is 0 Å². The minimum Gasteiger partial charge on any atom is -0.318 e. The van der Waals surface area contributed by atoms with Crippen LogP contribution in [0.25, 0.3) is 22.8 Å². The standard InChI is InChI=1S/C33H33FN4OS/c1-21-10-7-8-13-29(21)38-31(24-14-16-25(17-15-24)33(4,5)6)35-36-32(38)40-20-30(39)28-18-22(2)37(23(28)3)27-12-9-11-26(34)19-27/h7-19H,20H2,1-6H3. The molecule has 0 aliphatic rings. The number of carbonyl (C=O) groups is 1. The van der Waals surface area contributed by atoms with Crippen LogP contribution in [-0.2, 0) is 5.41 Å². The minimum absolute atomic E-state index is 0.0174. The molecule has 0 N–H and O–H groups in total. The van der Waals surface area contributed by atoms with Gasteiger partial charge in [-0.3, -0.25) is 9.36 Å². The molecule has 5 rings (SSSR count). The zero-order chi connectivity index (χ0) is 28.6. The number of thioether (sulfide) groups is 1. The van der Waals surface area contributed by atoms with Crippen LogP contribution in [0.5, 0.6) is 0 Å². The van der Waals surface area contributed by atoms with E-state index in [9.17, 15) is 9.18 Å². The van der Waals surface area contributed by atoms with E-state index in [2.05, 4.69) is 68.2 Å². The van der Waals surface area contributed by atoms with Crippen molar-refractivity contribution in [3.63, 3.8) is 0 Å². The number of nitrogens with zero attached hydrogens (tertiary/aromatic N) is 4. The molecule has 0 amide bonds. The fourth-order valence-corrected chi connectivity index (χ4v) is 5.79. The van der Waals surface area contributed by atoms with E-state index in [1.54, 1.807) is 6.07 Å². The van der Waals surface area contributed by atoms with E-state index in [0.717, 1.165) is 34.0 Å². The van der Waals surface area contributed by atoms with Crippen molar-refractivity contribution in [1.82, 2.24) is 19.3 Å².